The van der Waals surface area contributed by atoms with E-state index < -0.39 is 0 Å². The molecule has 0 atom stereocenters. The van der Waals surface area contributed by atoms with E-state index in [9.17, 15) is 4.79 Å². The predicted octanol–water partition coefficient (Wildman–Crippen LogP) is 1.87. The van der Waals surface area contributed by atoms with Crippen LogP contribution in [0.1, 0.15) is 5.56 Å². The van der Waals surface area contributed by atoms with Crippen LogP contribution in [0.3, 0.4) is 0 Å². The van der Waals surface area contributed by atoms with Gasteiger partial charge in [-0.15, -0.1) is 0 Å². The fourth-order valence-electron chi connectivity index (χ4n) is 2.60. The summed E-state index contributed by atoms with van der Waals surface area (Å²) in [7, 11) is 3.14. The maximum absolute atomic E-state index is 12.8. The Morgan fingerprint density at radius 1 is 1.12 bits per heavy atom. The van der Waals surface area contributed by atoms with Gasteiger partial charge in [0.05, 0.1) is 29.8 Å². The molecule has 0 radical (unpaired) electrons. The molecule has 0 aliphatic rings. The molecule has 120 valence electrons. The van der Waals surface area contributed by atoms with Gasteiger partial charge < -0.3 is 9.47 Å². The Morgan fingerprint density at radius 3 is 2.54 bits per heavy atom. The Balaban J connectivity index is 2.00. The van der Waals surface area contributed by atoms with Gasteiger partial charge in [-0.25, -0.2) is 9.38 Å². The van der Waals surface area contributed by atoms with Crippen LogP contribution in [0.15, 0.2) is 41.5 Å². The van der Waals surface area contributed by atoms with E-state index >= 15 is 0 Å². The van der Waals surface area contributed by atoms with Gasteiger partial charge in [-0.05, 0) is 23.8 Å². The molecule has 1 aromatic carbocycles. The number of benzene rings is 1. The van der Waals surface area contributed by atoms with Crippen molar-refractivity contribution in [3.8, 4) is 11.5 Å². The molecule has 0 spiro atoms. The van der Waals surface area contributed by atoms with Gasteiger partial charge in [0.25, 0.3) is 5.56 Å². The van der Waals surface area contributed by atoms with Gasteiger partial charge in [-0.2, -0.15) is 0 Å². The van der Waals surface area contributed by atoms with E-state index in [4.69, 9.17) is 9.47 Å². The summed E-state index contributed by atoms with van der Waals surface area (Å²) in [5, 5.41) is 0. The molecule has 7 heteroatoms. The van der Waals surface area contributed by atoms with Crippen LogP contribution in [-0.4, -0.2) is 28.6 Å². The summed E-state index contributed by atoms with van der Waals surface area (Å²) in [6.45, 7) is 0. The number of rotatable bonds is 3. The molecule has 0 fully saturated rings. The second kappa shape index (κ2) is 5.61. The maximum Gasteiger partial charge on any atom is 0.274 e. The van der Waals surface area contributed by atoms with Gasteiger partial charge in [0.2, 0.25) is 0 Å². The minimum Gasteiger partial charge on any atom is -0.493 e. The molecular formula is C17H13N3O3S. The first-order chi connectivity index (χ1) is 11.7. The standard InChI is InChI=1S/C17H13N3O3S/c1-22-13-8-11-12(9-14(13)23-2)20-16(21)15(24-17(20)19-11)7-10-3-5-18-6-4-10/h3-9H,1-2H3/b15-7-. The van der Waals surface area contributed by atoms with Crippen molar-refractivity contribution >= 4 is 33.4 Å². The average Bonchev–Trinajstić information content (AvgIpc) is 3.10. The molecule has 0 saturated heterocycles. The van der Waals surface area contributed by atoms with E-state index in [1.807, 2.05) is 18.2 Å². The number of imidazole rings is 1. The lowest BCUT2D eigenvalue weighted by Gasteiger charge is -2.06. The predicted molar refractivity (Wildman–Crippen MR) is 93.0 cm³/mol. The van der Waals surface area contributed by atoms with Crippen molar-refractivity contribution in [3.63, 3.8) is 0 Å². The summed E-state index contributed by atoms with van der Waals surface area (Å²) in [4.78, 5) is 21.9. The van der Waals surface area contributed by atoms with Crippen LogP contribution in [0, 0.1) is 0 Å². The zero-order valence-corrected chi connectivity index (χ0v) is 13.8. The zero-order valence-electron chi connectivity index (χ0n) is 13.0. The quantitative estimate of drug-likeness (QED) is 0.570. The Bertz CT molecular complexity index is 1150. The molecule has 4 aromatic rings. The number of pyridine rings is 1. The summed E-state index contributed by atoms with van der Waals surface area (Å²) in [6.07, 6.45) is 5.24. The van der Waals surface area contributed by atoms with Crippen molar-refractivity contribution in [2.75, 3.05) is 14.2 Å². The highest BCUT2D eigenvalue weighted by molar-refractivity contribution is 7.15. The van der Waals surface area contributed by atoms with Gasteiger partial charge in [-0.1, -0.05) is 11.3 Å². The summed E-state index contributed by atoms with van der Waals surface area (Å²) >= 11 is 1.35. The molecule has 6 nitrogen and oxygen atoms in total. The number of fused-ring (bicyclic) bond motifs is 3. The molecule has 0 unspecified atom stereocenters. The Kier molecular flexibility index (Phi) is 3.42. The minimum absolute atomic E-state index is 0.0958. The third-order valence-corrected chi connectivity index (χ3v) is 4.72. The van der Waals surface area contributed by atoms with E-state index in [0.29, 0.717) is 32.0 Å². The first-order valence-electron chi connectivity index (χ1n) is 7.20. The van der Waals surface area contributed by atoms with Gasteiger partial charge in [0.15, 0.2) is 16.5 Å². The van der Waals surface area contributed by atoms with Crippen molar-refractivity contribution in [3.05, 3.63) is 57.1 Å². The molecular weight excluding hydrogens is 326 g/mol. The number of thiazole rings is 1. The fraction of sp³-hybridized carbons (Fsp3) is 0.118. The maximum atomic E-state index is 12.8. The fourth-order valence-corrected chi connectivity index (χ4v) is 3.59. The van der Waals surface area contributed by atoms with Crippen molar-refractivity contribution in [2.24, 2.45) is 0 Å². The SMILES string of the molecule is COc1cc2nc3s/c(=C\c4ccncc4)c(=O)n3c2cc1OC. The second-order valence-electron chi connectivity index (χ2n) is 5.12. The zero-order chi connectivity index (χ0) is 16.7. The lowest BCUT2D eigenvalue weighted by Crippen LogP contribution is -2.22. The highest BCUT2D eigenvalue weighted by Gasteiger charge is 2.15. The molecule has 3 heterocycles. The van der Waals surface area contributed by atoms with Gasteiger partial charge in [-0.3, -0.25) is 9.78 Å². The Labute approximate surface area is 140 Å². The number of nitrogens with zero attached hydrogens (tertiary/aromatic N) is 3. The van der Waals surface area contributed by atoms with E-state index in [1.54, 1.807) is 43.1 Å². The van der Waals surface area contributed by atoms with Crippen molar-refractivity contribution in [1.82, 2.24) is 14.4 Å². The number of hydrogen-bond donors (Lipinski definition) is 0. The van der Waals surface area contributed by atoms with Crippen LogP contribution in [0.5, 0.6) is 11.5 Å². The molecule has 3 aromatic heterocycles. The molecule has 0 aliphatic heterocycles. The molecule has 0 aliphatic carbocycles. The minimum atomic E-state index is -0.0958. The Hall–Kier alpha value is -2.93. The van der Waals surface area contributed by atoms with Crippen LogP contribution in [0.2, 0.25) is 0 Å². The first kappa shape index (κ1) is 14.6. The highest BCUT2D eigenvalue weighted by atomic mass is 32.1. The number of ether oxygens (including phenoxy) is 2. The normalized spacial score (nSPS) is 12.2. The number of methoxy groups -OCH3 is 2. The molecule has 0 saturated carbocycles. The summed E-state index contributed by atoms with van der Waals surface area (Å²) < 4.78 is 12.8. The van der Waals surface area contributed by atoms with Crippen LogP contribution in [0.4, 0.5) is 0 Å². The van der Waals surface area contributed by atoms with Crippen molar-refractivity contribution < 1.29 is 9.47 Å². The topological polar surface area (TPSA) is 65.7 Å². The summed E-state index contributed by atoms with van der Waals surface area (Å²) in [5.74, 6) is 1.16. The van der Waals surface area contributed by atoms with Crippen molar-refractivity contribution in [2.45, 2.75) is 0 Å². The molecule has 0 amide bonds. The van der Waals surface area contributed by atoms with E-state index in [-0.39, 0.29) is 5.56 Å². The third kappa shape index (κ3) is 2.21. The van der Waals surface area contributed by atoms with Crippen molar-refractivity contribution in [1.29, 1.82) is 0 Å². The van der Waals surface area contributed by atoms with Gasteiger partial charge in [0.1, 0.15) is 0 Å². The molecule has 0 N–H and O–H groups in total. The lowest BCUT2D eigenvalue weighted by atomic mass is 10.2. The molecule has 0 bridgehead atoms. The van der Waals surface area contributed by atoms with Crippen LogP contribution >= 0.6 is 11.3 Å². The number of hydrogen-bond acceptors (Lipinski definition) is 6. The lowest BCUT2D eigenvalue weighted by molar-refractivity contribution is 0.355. The highest BCUT2D eigenvalue weighted by Crippen LogP contribution is 2.32. The van der Waals surface area contributed by atoms with Crippen LogP contribution in [0.25, 0.3) is 22.1 Å². The Morgan fingerprint density at radius 2 is 1.83 bits per heavy atom. The van der Waals surface area contributed by atoms with E-state index in [0.717, 1.165) is 5.56 Å². The molecule has 24 heavy (non-hydrogen) atoms. The van der Waals surface area contributed by atoms with Crippen LogP contribution < -0.4 is 19.6 Å². The van der Waals surface area contributed by atoms with Gasteiger partial charge >= 0.3 is 0 Å². The van der Waals surface area contributed by atoms with Crippen LogP contribution in [-0.2, 0) is 0 Å². The molecule has 4 rings (SSSR count). The second-order valence-corrected chi connectivity index (χ2v) is 6.13. The summed E-state index contributed by atoms with van der Waals surface area (Å²) in [6, 6.07) is 7.26. The first-order valence-corrected chi connectivity index (χ1v) is 8.01. The van der Waals surface area contributed by atoms with Gasteiger partial charge in [0, 0.05) is 24.5 Å². The number of aromatic nitrogens is 3. The average molecular weight is 339 g/mol. The largest absolute Gasteiger partial charge is 0.493 e. The monoisotopic (exact) mass is 339 g/mol. The summed E-state index contributed by atoms with van der Waals surface area (Å²) in [5.41, 5.74) is 2.24. The third-order valence-electron chi connectivity index (χ3n) is 3.75. The van der Waals surface area contributed by atoms with E-state index in [1.165, 1.54) is 11.3 Å². The van der Waals surface area contributed by atoms with E-state index in [2.05, 4.69) is 9.97 Å². The smallest absolute Gasteiger partial charge is 0.274 e.